The maximum atomic E-state index is 11.0. The zero-order valence-electron chi connectivity index (χ0n) is 11.5. The second-order valence-corrected chi connectivity index (χ2v) is 5.55. The highest BCUT2D eigenvalue weighted by atomic mass is 16.4. The molecule has 2 N–H and O–H groups in total. The summed E-state index contributed by atoms with van der Waals surface area (Å²) in [6.07, 6.45) is 1.62. The number of pyridine rings is 1. The van der Waals surface area contributed by atoms with Gasteiger partial charge in [-0.1, -0.05) is 27.7 Å². The minimum absolute atomic E-state index is 0.179. The Balaban J connectivity index is 2.62. The molecule has 0 aliphatic rings. The SMILES string of the molecule is CC(C)C(C)(C)CNCc1ncccc1C(=O)O. The second kappa shape index (κ2) is 5.96. The lowest BCUT2D eigenvalue weighted by Crippen LogP contribution is -2.33. The van der Waals surface area contributed by atoms with Crippen LogP contribution in [0.4, 0.5) is 0 Å². The van der Waals surface area contributed by atoms with E-state index in [1.807, 2.05) is 0 Å². The van der Waals surface area contributed by atoms with Gasteiger partial charge in [0.1, 0.15) is 0 Å². The van der Waals surface area contributed by atoms with Gasteiger partial charge in [-0.25, -0.2) is 4.79 Å². The van der Waals surface area contributed by atoms with Crippen LogP contribution >= 0.6 is 0 Å². The van der Waals surface area contributed by atoms with Gasteiger partial charge in [-0.2, -0.15) is 0 Å². The van der Waals surface area contributed by atoms with Gasteiger partial charge in [-0.15, -0.1) is 0 Å². The maximum absolute atomic E-state index is 11.0. The molecule has 0 saturated heterocycles. The average Bonchev–Trinajstić information content (AvgIpc) is 2.29. The van der Waals surface area contributed by atoms with Crippen LogP contribution in [-0.2, 0) is 6.54 Å². The minimum Gasteiger partial charge on any atom is -0.478 e. The molecule has 0 fully saturated rings. The summed E-state index contributed by atoms with van der Waals surface area (Å²) in [7, 11) is 0. The molecule has 4 nitrogen and oxygen atoms in total. The number of aromatic carboxylic acids is 1. The molecular formula is C14H22N2O2. The number of carbonyl (C=O) groups is 1. The van der Waals surface area contributed by atoms with Gasteiger partial charge >= 0.3 is 5.97 Å². The zero-order chi connectivity index (χ0) is 13.8. The molecule has 1 rings (SSSR count). The van der Waals surface area contributed by atoms with Crippen LogP contribution in [0.1, 0.15) is 43.7 Å². The van der Waals surface area contributed by atoms with Gasteiger partial charge in [0, 0.05) is 19.3 Å². The number of carboxylic acids is 1. The highest BCUT2D eigenvalue weighted by Gasteiger charge is 2.22. The first-order chi connectivity index (χ1) is 8.34. The van der Waals surface area contributed by atoms with Gasteiger partial charge in [-0.3, -0.25) is 4.98 Å². The van der Waals surface area contributed by atoms with Crippen molar-refractivity contribution in [3.8, 4) is 0 Å². The van der Waals surface area contributed by atoms with Crippen molar-refractivity contribution < 1.29 is 9.90 Å². The predicted molar refractivity (Wildman–Crippen MR) is 71.5 cm³/mol. The van der Waals surface area contributed by atoms with Crippen molar-refractivity contribution in [3.63, 3.8) is 0 Å². The molecular weight excluding hydrogens is 228 g/mol. The third kappa shape index (κ3) is 3.81. The Hall–Kier alpha value is -1.42. The third-order valence-corrected chi connectivity index (χ3v) is 3.56. The Labute approximate surface area is 108 Å². The molecule has 0 unspecified atom stereocenters. The third-order valence-electron chi connectivity index (χ3n) is 3.56. The van der Waals surface area contributed by atoms with Crippen LogP contribution in [0.5, 0.6) is 0 Å². The van der Waals surface area contributed by atoms with E-state index in [1.54, 1.807) is 18.3 Å². The molecule has 100 valence electrons. The fraction of sp³-hybridized carbons (Fsp3) is 0.571. The lowest BCUT2D eigenvalue weighted by atomic mass is 9.81. The number of carboxylic acid groups (broad SMARTS) is 1. The van der Waals surface area contributed by atoms with E-state index < -0.39 is 5.97 Å². The van der Waals surface area contributed by atoms with Crippen molar-refractivity contribution in [1.82, 2.24) is 10.3 Å². The Morgan fingerprint density at radius 2 is 2.17 bits per heavy atom. The number of hydrogen-bond acceptors (Lipinski definition) is 3. The first-order valence-electron chi connectivity index (χ1n) is 6.22. The van der Waals surface area contributed by atoms with Crippen molar-refractivity contribution in [1.29, 1.82) is 0 Å². The van der Waals surface area contributed by atoms with E-state index >= 15 is 0 Å². The summed E-state index contributed by atoms with van der Waals surface area (Å²) in [4.78, 5) is 15.1. The molecule has 0 aliphatic carbocycles. The summed E-state index contributed by atoms with van der Waals surface area (Å²) < 4.78 is 0. The van der Waals surface area contributed by atoms with Crippen LogP contribution in [0.3, 0.4) is 0 Å². The average molecular weight is 250 g/mol. The Morgan fingerprint density at radius 3 is 2.72 bits per heavy atom. The van der Waals surface area contributed by atoms with Crippen LogP contribution in [0.15, 0.2) is 18.3 Å². The molecule has 0 atom stereocenters. The molecule has 18 heavy (non-hydrogen) atoms. The zero-order valence-corrected chi connectivity index (χ0v) is 11.5. The molecule has 0 aromatic carbocycles. The Kier molecular flexibility index (Phi) is 4.84. The van der Waals surface area contributed by atoms with Crippen LogP contribution in [0.2, 0.25) is 0 Å². The molecule has 1 heterocycles. The summed E-state index contributed by atoms with van der Waals surface area (Å²) in [5.74, 6) is -0.365. The fourth-order valence-electron chi connectivity index (χ4n) is 1.48. The normalized spacial score (nSPS) is 11.8. The fourth-order valence-corrected chi connectivity index (χ4v) is 1.48. The van der Waals surface area contributed by atoms with Crippen molar-refractivity contribution in [3.05, 3.63) is 29.6 Å². The molecule has 4 heteroatoms. The molecule has 1 aromatic rings. The minimum atomic E-state index is -0.928. The first-order valence-corrected chi connectivity index (χ1v) is 6.22. The monoisotopic (exact) mass is 250 g/mol. The second-order valence-electron chi connectivity index (χ2n) is 5.55. The van der Waals surface area contributed by atoms with E-state index in [2.05, 4.69) is 38.0 Å². The highest BCUT2D eigenvalue weighted by Crippen LogP contribution is 2.24. The van der Waals surface area contributed by atoms with Gasteiger partial charge in [0.05, 0.1) is 11.3 Å². The van der Waals surface area contributed by atoms with Gasteiger partial charge in [-0.05, 0) is 23.5 Å². The molecule has 0 spiro atoms. The molecule has 0 radical (unpaired) electrons. The number of aromatic nitrogens is 1. The summed E-state index contributed by atoms with van der Waals surface area (Å²) in [5, 5.41) is 12.3. The molecule has 0 aliphatic heterocycles. The van der Waals surface area contributed by atoms with E-state index in [0.29, 0.717) is 18.2 Å². The summed E-state index contributed by atoms with van der Waals surface area (Å²) in [6, 6.07) is 3.23. The van der Waals surface area contributed by atoms with Gasteiger partial charge < -0.3 is 10.4 Å². The topological polar surface area (TPSA) is 62.2 Å². The quantitative estimate of drug-likeness (QED) is 0.814. The number of nitrogens with one attached hydrogen (secondary N) is 1. The van der Waals surface area contributed by atoms with Crippen LogP contribution in [0.25, 0.3) is 0 Å². The van der Waals surface area contributed by atoms with Crippen LogP contribution in [0, 0.1) is 11.3 Å². The summed E-state index contributed by atoms with van der Waals surface area (Å²) in [6.45, 7) is 10.1. The molecule has 0 bridgehead atoms. The van der Waals surface area contributed by atoms with E-state index in [9.17, 15) is 4.79 Å². The lowest BCUT2D eigenvalue weighted by Gasteiger charge is -2.29. The predicted octanol–water partition coefficient (Wildman–Crippen LogP) is 2.55. The van der Waals surface area contributed by atoms with Gasteiger partial charge in [0.15, 0.2) is 0 Å². The number of hydrogen-bond donors (Lipinski definition) is 2. The Bertz CT molecular complexity index is 414. The Morgan fingerprint density at radius 1 is 1.50 bits per heavy atom. The van der Waals surface area contributed by atoms with E-state index in [1.165, 1.54) is 0 Å². The van der Waals surface area contributed by atoms with Gasteiger partial charge in [0.25, 0.3) is 0 Å². The van der Waals surface area contributed by atoms with Crippen LogP contribution < -0.4 is 5.32 Å². The van der Waals surface area contributed by atoms with Crippen LogP contribution in [-0.4, -0.2) is 22.6 Å². The number of nitrogens with zero attached hydrogens (tertiary/aromatic N) is 1. The first kappa shape index (κ1) is 14.6. The summed E-state index contributed by atoms with van der Waals surface area (Å²) in [5.41, 5.74) is 1.04. The summed E-state index contributed by atoms with van der Waals surface area (Å²) >= 11 is 0. The van der Waals surface area contributed by atoms with E-state index in [4.69, 9.17) is 5.11 Å². The van der Waals surface area contributed by atoms with Crippen molar-refractivity contribution >= 4 is 5.97 Å². The maximum Gasteiger partial charge on any atom is 0.337 e. The molecule has 1 aromatic heterocycles. The van der Waals surface area contributed by atoms with Crippen molar-refractivity contribution in [2.45, 2.75) is 34.2 Å². The van der Waals surface area contributed by atoms with Crippen molar-refractivity contribution in [2.75, 3.05) is 6.54 Å². The van der Waals surface area contributed by atoms with E-state index in [0.717, 1.165) is 6.54 Å². The lowest BCUT2D eigenvalue weighted by molar-refractivity contribution is 0.0695. The highest BCUT2D eigenvalue weighted by molar-refractivity contribution is 5.88. The largest absolute Gasteiger partial charge is 0.478 e. The van der Waals surface area contributed by atoms with E-state index in [-0.39, 0.29) is 11.0 Å². The standard InChI is InChI=1S/C14H22N2O2/c1-10(2)14(3,4)9-15-8-12-11(13(17)18)6-5-7-16-12/h5-7,10,15H,8-9H2,1-4H3,(H,17,18). The smallest absolute Gasteiger partial charge is 0.337 e. The molecule has 0 saturated carbocycles. The molecule has 0 amide bonds. The number of rotatable bonds is 6. The van der Waals surface area contributed by atoms with Crippen molar-refractivity contribution in [2.24, 2.45) is 11.3 Å². The van der Waals surface area contributed by atoms with Gasteiger partial charge in [0.2, 0.25) is 0 Å².